The summed E-state index contributed by atoms with van der Waals surface area (Å²) in [6.45, 7) is 2.06. The van der Waals surface area contributed by atoms with Crippen LogP contribution in [0.15, 0.2) is 76.3 Å². The summed E-state index contributed by atoms with van der Waals surface area (Å²) in [5, 5.41) is 0.293. The minimum Gasteiger partial charge on any atom is -0.445 e. The Balaban J connectivity index is 1.61. The molecule has 2 aromatic carbocycles. The van der Waals surface area contributed by atoms with Crippen molar-refractivity contribution in [2.75, 3.05) is 0 Å². The molecule has 0 aromatic heterocycles. The van der Waals surface area contributed by atoms with Crippen LogP contribution in [0.2, 0.25) is 0 Å². The van der Waals surface area contributed by atoms with E-state index in [0.717, 1.165) is 16.8 Å². The van der Waals surface area contributed by atoms with Gasteiger partial charge >= 0.3 is 0 Å². The van der Waals surface area contributed by atoms with Gasteiger partial charge in [0.25, 0.3) is 0 Å². The molecule has 2 N–H and O–H groups in total. The highest BCUT2D eigenvalue weighted by Crippen LogP contribution is 2.51. The third-order valence-corrected chi connectivity index (χ3v) is 6.07. The number of fused-ring (bicyclic) bond motifs is 4. The molecule has 28 heavy (non-hydrogen) atoms. The summed E-state index contributed by atoms with van der Waals surface area (Å²) in [6, 6.07) is 16.1. The normalized spacial score (nSPS) is 23.5. The van der Waals surface area contributed by atoms with Gasteiger partial charge in [-0.15, -0.1) is 0 Å². The van der Waals surface area contributed by atoms with Gasteiger partial charge in [0.15, 0.2) is 11.7 Å². The highest BCUT2D eigenvalue weighted by molar-refractivity contribution is 6.70. The number of nitrogens with two attached hydrogens (primary N) is 1. The van der Waals surface area contributed by atoms with Gasteiger partial charge in [-0.2, -0.15) is 0 Å². The smallest absolute Gasteiger partial charge is 0.197 e. The van der Waals surface area contributed by atoms with Gasteiger partial charge in [0.2, 0.25) is 0 Å². The van der Waals surface area contributed by atoms with Crippen LogP contribution in [0.5, 0.6) is 0 Å². The first-order chi connectivity index (χ1) is 13.5. The monoisotopic (exact) mass is 390 g/mol. The molecule has 0 bridgehead atoms. The molecule has 0 fully saturated rings. The lowest BCUT2D eigenvalue weighted by atomic mass is 9.72. The summed E-state index contributed by atoms with van der Waals surface area (Å²) in [4.78, 5) is 17.7. The first-order valence-corrected chi connectivity index (χ1v) is 9.74. The van der Waals surface area contributed by atoms with Crippen LogP contribution >= 0.6 is 11.6 Å². The Hall–Kier alpha value is -2.85. The summed E-state index contributed by atoms with van der Waals surface area (Å²) >= 11 is 6.43. The molecule has 0 spiro atoms. The number of aliphatic imine (C=N–C) groups is 1. The molecule has 0 saturated heterocycles. The summed E-state index contributed by atoms with van der Waals surface area (Å²) < 4.78 is 5.94. The number of carbonyl (C=O) groups excluding carboxylic acids is 1. The fraction of sp³-hybridized carbons (Fsp3) is 0.217. The Morgan fingerprint density at radius 1 is 1.07 bits per heavy atom. The van der Waals surface area contributed by atoms with Crippen molar-refractivity contribution < 1.29 is 9.53 Å². The minimum atomic E-state index is -0.309. The number of Topliss-reactive ketones (excluding diaryl/α,β-unsaturated/α-hetero) is 1. The van der Waals surface area contributed by atoms with E-state index in [9.17, 15) is 4.79 Å². The Morgan fingerprint density at radius 2 is 1.82 bits per heavy atom. The van der Waals surface area contributed by atoms with Crippen molar-refractivity contribution in [3.05, 3.63) is 88.0 Å². The van der Waals surface area contributed by atoms with Crippen molar-refractivity contribution in [2.24, 2.45) is 10.7 Å². The van der Waals surface area contributed by atoms with Crippen molar-refractivity contribution in [2.45, 2.75) is 31.6 Å². The highest BCUT2D eigenvalue weighted by atomic mass is 35.5. The van der Waals surface area contributed by atoms with Crippen LogP contribution in [-0.4, -0.2) is 11.0 Å². The van der Waals surface area contributed by atoms with Gasteiger partial charge in [0.05, 0.1) is 17.2 Å². The van der Waals surface area contributed by atoms with E-state index in [2.05, 4.69) is 36.2 Å². The zero-order chi connectivity index (χ0) is 19.4. The molecule has 5 heteroatoms. The number of rotatable bonds is 1. The number of allylic oxidation sites excluding steroid dienone is 3. The first-order valence-electron chi connectivity index (χ1n) is 9.36. The number of carbonyl (C=O) groups is 1. The Kier molecular flexibility index (Phi) is 3.91. The van der Waals surface area contributed by atoms with Crippen LogP contribution in [0.25, 0.3) is 0 Å². The second-order valence-electron chi connectivity index (χ2n) is 7.55. The van der Waals surface area contributed by atoms with E-state index in [1.807, 2.05) is 24.3 Å². The summed E-state index contributed by atoms with van der Waals surface area (Å²) in [7, 11) is 0. The molecule has 2 atom stereocenters. The van der Waals surface area contributed by atoms with Gasteiger partial charge in [-0.05, 0) is 30.0 Å². The van der Waals surface area contributed by atoms with Crippen LogP contribution in [0.3, 0.4) is 0 Å². The van der Waals surface area contributed by atoms with Crippen molar-refractivity contribution in [3.8, 4) is 0 Å². The van der Waals surface area contributed by atoms with Gasteiger partial charge in [-0.1, -0.05) is 59.6 Å². The zero-order valence-electron chi connectivity index (χ0n) is 15.4. The van der Waals surface area contributed by atoms with E-state index in [-0.39, 0.29) is 23.5 Å². The Labute approximate surface area is 168 Å². The van der Waals surface area contributed by atoms with Crippen LogP contribution in [0.4, 0.5) is 5.69 Å². The molecule has 2 aliphatic heterocycles. The van der Waals surface area contributed by atoms with Crippen LogP contribution in [0, 0.1) is 6.92 Å². The van der Waals surface area contributed by atoms with Crippen molar-refractivity contribution in [1.29, 1.82) is 0 Å². The molecule has 0 saturated carbocycles. The van der Waals surface area contributed by atoms with E-state index in [1.54, 1.807) is 0 Å². The average molecular weight is 391 g/mol. The van der Waals surface area contributed by atoms with Crippen molar-refractivity contribution >= 4 is 28.2 Å². The van der Waals surface area contributed by atoms with E-state index in [4.69, 9.17) is 22.1 Å². The SMILES string of the molecule is Cc1ccc(C2CC(=O)C3=C(C2)OC(N)=C2C(Cl)=Nc4ccccc4C23)cc1. The van der Waals surface area contributed by atoms with Gasteiger partial charge in [0.1, 0.15) is 10.9 Å². The number of para-hydroxylation sites is 1. The molecule has 0 radical (unpaired) electrons. The maximum atomic E-state index is 13.3. The average Bonchev–Trinajstić information content (AvgIpc) is 2.67. The predicted octanol–water partition coefficient (Wildman–Crippen LogP) is 4.96. The molecule has 3 aliphatic rings. The minimum absolute atomic E-state index is 0.0861. The molecular weight excluding hydrogens is 372 g/mol. The largest absolute Gasteiger partial charge is 0.445 e. The van der Waals surface area contributed by atoms with Gasteiger partial charge in [-0.3, -0.25) is 4.79 Å². The van der Waals surface area contributed by atoms with Gasteiger partial charge in [0, 0.05) is 18.4 Å². The number of hydrogen-bond donors (Lipinski definition) is 1. The molecule has 140 valence electrons. The maximum absolute atomic E-state index is 13.3. The molecule has 2 aromatic rings. The fourth-order valence-corrected chi connectivity index (χ4v) is 4.69. The second kappa shape index (κ2) is 6.35. The molecule has 5 rings (SSSR count). The lowest BCUT2D eigenvalue weighted by Crippen LogP contribution is -2.32. The molecular formula is C23H19ClN2O2. The predicted molar refractivity (Wildman–Crippen MR) is 110 cm³/mol. The summed E-state index contributed by atoms with van der Waals surface area (Å²) in [6.07, 6.45) is 1.09. The number of halogens is 1. The number of ether oxygens (including phenoxy) is 1. The lowest BCUT2D eigenvalue weighted by molar-refractivity contribution is -0.117. The number of ketones is 1. The zero-order valence-corrected chi connectivity index (χ0v) is 16.2. The van der Waals surface area contributed by atoms with Crippen LogP contribution < -0.4 is 5.73 Å². The standard InChI is InChI=1S/C23H19ClN2O2/c1-12-6-8-13(9-7-12)14-10-17(27)20-18(11-14)28-23(25)21-19(20)15-4-2-3-5-16(15)26-22(21)24/h2-9,14,19H,10-11,25H2,1H3. The number of nitrogens with zero attached hydrogens (tertiary/aromatic N) is 1. The van der Waals surface area contributed by atoms with Gasteiger partial charge in [-0.25, -0.2) is 4.99 Å². The second-order valence-corrected chi connectivity index (χ2v) is 7.91. The van der Waals surface area contributed by atoms with E-state index in [0.29, 0.717) is 34.9 Å². The fourth-order valence-electron chi connectivity index (χ4n) is 4.39. The molecule has 4 nitrogen and oxygen atoms in total. The molecule has 2 unspecified atom stereocenters. The van der Waals surface area contributed by atoms with Crippen molar-refractivity contribution in [3.63, 3.8) is 0 Å². The van der Waals surface area contributed by atoms with Gasteiger partial charge < -0.3 is 10.5 Å². The molecule has 0 amide bonds. The molecule has 1 aliphatic carbocycles. The highest BCUT2D eigenvalue weighted by Gasteiger charge is 2.43. The quantitative estimate of drug-likeness (QED) is 0.748. The topological polar surface area (TPSA) is 64.7 Å². The summed E-state index contributed by atoms with van der Waals surface area (Å²) in [5.74, 6) is 0.766. The van der Waals surface area contributed by atoms with E-state index >= 15 is 0 Å². The Bertz CT molecular complexity index is 1100. The lowest BCUT2D eigenvalue weighted by Gasteiger charge is -2.37. The number of hydrogen-bond acceptors (Lipinski definition) is 4. The van der Waals surface area contributed by atoms with E-state index < -0.39 is 0 Å². The first kappa shape index (κ1) is 17.3. The van der Waals surface area contributed by atoms with Crippen LogP contribution in [0.1, 0.15) is 41.4 Å². The third kappa shape index (κ3) is 2.60. The van der Waals surface area contributed by atoms with E-state index in [1.165, 1.54) is 5.56 Å². The van der Waals surface area contributed by atoms with Crippen LogP contribution in [-0.2, 0) is 9.53 Å². The molecule has 2 heterocycles. The summed E-state index contributed by atoms with van der Waals surface area (Å²) in [5.41, 5.74) is 11.6. The van der Waals surface area contributed by atoms with Crippen molar-refractivity contribution in [1.82, 2.24) is 0 Å². The number of aryl methyl sites for hydroxylation is 1. The number of benzene rings is 2. The Morgan fingerprint density at radius 3 is 2.61 bits per heavy atom. The maximum Gasteiger partial charge on any atom is 0.197 e. The third-order valence-electron chi connectivity index (χ3n) is 5.78.